The molecular weight excluding hydrogens is 887 g/mol. The van der Waals surface area contributed by atoms with Crippen LogP contribution in [0.4, 0.5) is 0 Å². The minimum absolute atomic E-state index is 0.0839. The van der Waals surface area contributed by atoms with Crippen molar-refractivity contribution in [3.8, 4) is 0 Å². The summed E-state index contributed by atoms with van der Waals surface area (Å²) >= 11 is 0. The normalized spacial score (nSPS) is 36.5. The molecule has 0 spiro atoms. The minimum atomic E-state index is -2.43. The molecule has 2 saturated heterocycles. The van der Waals surface area contributed by atoms with Crippen LogP contribution in [0.25, 0.3) is 0 Å². The number of rotatable bonds is 9. The molecule has 0 aromatic carbocycles. The Morgan fingerprint density at radius 1 is 0.855 bits per heavy atom. The average Bonchev–Trinajstić information content (AvgIpc) is 3.34. The second-order valence-electron chi connectivity index (χ2n) is 20.5. The van der Waals surface area contributed by atoms with Gasteiger partial charge in [0.15, 0.2) is 11.6 Å². The van der Waals surface area contributed by atoms with Crippen molar-refractivity contribution in [2.45, 2.75) is 186 Å². The third-order valence-electron chi connectivity index (χ3n) is 15.2. The number of allylic oxidation sites excluding steroid dienone is 6. The number of hydrogen-bond acceptors (Lipinski definition) is 14. The minimum Gasteiger partial charge on any atom is -0.460 e. The quantitative estimate of drug-likeness (QED) is 0.165. The number of ether oxygens (including phenoxy) is 6. The first-order valence-electron chi connectivity index (χ1n) is 25.5. The molecule has 1 amide bonds. The second kappa shape index (κ2) is 28.0. The molecule has 4 aliphatic rings. The number of cyclic esters (lactones) is 1. The van der Waals surface area contributed by atoms with Gasteiger partial charge in [-0.2, -0.15) is 0 Å². The first kappa shape index (κ1) is 58.2. The molecule has 15 nitrogen and oxygen atoms in total. The fraction of sp³-hybridized carbons (Fsp3) is 0.759. The van der Waals surface area contributed by atoms with E-state index in [1.54, 1.807) is 41.1 Å². The van der Waals surface area contributed by atoms with Crippen LogP contribution in [0.3, 0.4) is 0 Å². The second-order valence-corrected chi connectivity index (χ2v) is 20.5. The molecular formula is C54H85NO14. The zero-order valence-electron chi connectivity index (χ0n) is 43.1. The van der Waals surface area contributed by atoms with Crippen molar-refractivity contribution < 1.29 is 67.7 Å². The average molecular weight is 972 g/mol. The van der Waals surface area contributed by atoms with Crippen LogP contribution in [0.1, 0.15) is 132 Å². The number of Topliss-reactive ketones (excluding diaryl/α,β-unsaturated/α-hetero) is 3. The Morgan fingerprint density at radius 2 is 1.59 bits per heavy atom. The summed E-state index contributed by atoms with van der Waals surface area (Å²) in [7, 11) is 4.61. The Balaban J connectivity index is 1.69. The number of carbonyl (C=O) groups excluding carboxylic acids is 5. The summed E-state index contributed by atoms with van der Waals surface area (Å²) in [5.41, 5.74) is 1.21. The topological polar surface area (TPSA) is 205 Å². The van der Waals surface area contributed by atoms with Gasteiger partial charge in [-0.1, -0.05) is 71.1 Å². The number of amides is 1. The summed E-state index contributed by atoms with van der Waals surface area (Å²) in [5, 5.41) is 32.8. The van der Waals surface area contributed by atoms with Crippen molar-refractivity contribution in [3.05, 3.63) is 47.6 Å². The first-order chi connectivity index (χ1) is 32.8. The monoisotopic (exact) mass is 972 g/mol. The Bertz CT molecular complexity index is 1830. The van der Waals surface area contributed by atoms with Gasteiger partial charge in [-0.05, 0) is 113 Å². The van der Waals surface area contributed by atoms with Crippen LogP contribution in [0.15, 0.2) is 47.6 Å². The van der Waals surface area contributed by atoms with Gasteiger partial charge in [-0.25, -0.2) is 4.79 Å². The van der Waals surface area contributed by atoms with Crippen LogP contribution < -0.4 is 0 Å². The van der Waals surface area contributed by atoms with E-state index in [-0.39, 0.29) is 74.1 Å². The predicted molar refractivity (Wildman–Crippen MR) is 261 cm³/mol. The number of methoxy groups -OCH3 is 3. The number of aliphatic hydroxyl groups is 3. The van der Waals surface area contributed by atoms with Crippen LogP contribution in [-0.4, -0.2) is 145 Å². The van der Waals surface area contributed by atoms with Crippen LogP contribution >= 0.6 is 0 Å². The van der Waals surface area contributed by atoms with E-state index in [0.29, 0.717) is 63.4 Å². The first-order valence-corrected chi connectivity index (χ1v) is 25.5. The predicted octanol–water partition coefficient (Wildman–Crippen LogP) is 6.59. The molecule has 3 aliphatic heterocycles. The Kier molecular flexibility index (Phi) is 23.6. The summed E-state index contributed by atoms with van der Waals surface area (Å²) in [6.07, 6.45) is 13.1. The van der Waals surface area contributed by atoms with E-state index in [1.165, 1.54) is 12.0 Å². The number of ketones is 3. The highest BCUT2D eigenvalue weighted by atomic mass is 16.6. The van der Waals surface area contributed by atoms with Gasteiger partial charge in [0.25, 0.3) is 11.7 Å². The maximum absolute atomic E-state index is 14.5. The molecule has 1 aliphatic carbocycles. The summed E-state index contributed by atoms with van der Waals surface area (Å²) in [6.45, 7) is 13.0. The van der Waals surface area contributed by atoms with E-state index in [4.69, 9.17) is 28.4 Å². The van der Waals surface area contributed by atoms with Gasteiger partial charge in [-0.15, -0.1) is 0 Å². The molecule has 15 atom stereocenters. The third kappa shape index (κ3) is 16.0. The van der Waals surface area contributed by atoms with E-state index in [2.05, 4.69) is 13.0 Å². The number of piperidine rings is 1. The molecule has 0 aromatic heterocycles. The van der Waals surface area contributed by atoms with E-state index in [9.17, 15) is 39.3 Å². The maximum Gasteiger partial charge on any atom is 0.329 e. The lowest BCUT2D eigenvalue weighted by Gasteiger charge is -2.42. The van der Waals surface area contributed by atoms with E-state index >= 15 is 0 Å². The highest BCUT2D eigenvalue weighted by Gasteiger charge is 2.53. The standard InChI is InChI=1S/C54H85NO14/c1-33-16-12-11-13-17-34(2)45(64-8)31-41-23-21-39(7)54(63,69-41)51(60)52(61)55-25-15-14-18-42(55)53(62)68-46(37(5)29-40-22-24-44(67-27-26-56)47(30-40)65-9)32-43(57)36(4)28-38(6)49(59)50(66-10)48(58)35(3)20-19-33/h11-13,16-17,28,33,35,37-42,44-47,49-50,56,59,63H,14-15,18-27,29-32H2,1-10H3/t33-,35?,37-,38?,39-,40+,41+,42+,44-,45+,46+,47-,49-,50?,54-/m1/s1. The van der Waals surface area contributed by atoms with E-state index in [0.717, 1.165) is 18.4 Å². The molecule has 69 heavy (non-hydrogen) atoms. The lowest BCUT2D eigenvalue weighted by Crippen LogP contribution is -2.61. The third-order valence-corrected chi connectivity index (χ3v) is 15.2. The number of fused-ring (bicyclic) bond motifs is 3. The van der Waals surface area contributed by atoms with Gasteiger partial charge in [0.05, 0.1) is 43.7 Å². The highest BCUT2D eigenvalue weighted by Crippen LogP contribution is 2.38. The number of hydrogen-bond donors (Lipinski definition) is 3. The maximum atomic E-state index is 14.5. The van der Waals surface area contributed by atoms with Crippen molar-refractivity contribution in [3.63, 3.8) is 0 Å². The number of nitrogens with zero attached hydrogens (tertiary/aromatic N) is 1. The summed E-state index contributed by atoms with van der Waals surface area (Å²) in [5.74, 6) is -7.72. The van der Waals surface area contributed by atoms with Crippen molar-refractivity contribution in [2.75, 3.05) is 41.1 Å². The summed E-state index contributed by atoms with van der Waals surface area (Å²) in [6, 6.07) is -1.15. The molecule has 1 saturated carbocycles. The van der Waals surface area contributed by atoms with Crippen LogP contribution in [0.5, 0.6) is 0 Å². The fourth-order valence-corrected chi connectivity index (χ4v) is 10.5. The zero-order valence-corrected chi connectivity index (χ0v) is 43.1. The zero-order chi connectivity index (χ0) is 51.0. The fourth-order valence-electron chi connectivity index (χ4n) is 10.5. The number of aliphatic hydroxyl groups excluding tert-OH is 2. The molecule has 3 unspecified atom stereocenters. The van der Waals surface area contributed by atoms with Crippen molar-refractivity contribution in [1.82, 2.24) is 4.90 Å². The van der Waals surface area contributed by atoms with Gasteiger partial charge >= 0.3 is 5.97 Å². The van der Waals surface area contributed by atoms with Gasteiger partial charge in [-0.3, -0.25) is 19.2 Å². The van der Waals surface area contributed by atoms with Crippen LogP contribution in [0, 0.1) is 35.5 Å². The van der Waals surface area contributed by atoms with Crippen LogP contribution in [0.2, 0.25) is 0 Å². The SMILES string of the molecule is COC1C(=O)C(C)CC[C@H](C)C=CC=CC=C(C)[C@@H](OC)C[C@@H]2CC[C@@H](C)[C@@](O)(O2)C(=O)C(=O)N2CCCC[C@H]2C(=O)O[C@H]([C@H](C)C[C@@H]2CC[C@@H](OCCO)[C@H](OC)C2)CC(=O)C(C)=CC(C)[C@H]1O. The molecule has 4 rings (SSSR count). The Morgan fingerprint density at radius 3 is 2.28 bits per heavy atom. The van der Waals surface area contributed by atoms with Crippen molar-refractivity contribution in [1.29, 1.82) is 0 Å². The largest absolute Gasteiger partial charge is 0.460 e. The molecule has 0 radical (unpaired) electrons. The van der Waals surface area contributed by atoms with Crippen molar-refractivity contribution >= 4 is 29.2 Å². The number of esters is 1. The molecule has 15 heteroatoms. The van der Waals surface area contributed by atoms with Crippen LogP contribution in [-0.2, 0) is 52.4 Å². The van der Waals surface area contributed by atoms with Gasteiger partial charge in [0, 0.05) is 58.5 Å². The molecule has 3 heterocycles. The lowest BCUT2D eigenvalue weighted by molar-refractivity contribution is -0.265. The smallest absolute Gasteiger partial charge is 0.329 e. The van der Waals surface area contributed by atoms with E-state index < -0.39 is 77.8 Å². The summed E-state index contributed by atoms with van der Waals surface area (Å²) < 4.78 is 35.6. The molecule has 390 valence electrons. The molecule has 3 N–H and O–H groups in total. The number of carbonyl (C=O) groups is 5. The van der Waals surface area contributed by atoms with Gasteiger partial charge in [0.1, 0.15) is 18.2 Å². The van der Waals surface area contributed by atoms with Gasteiger partial charge < -0.3 is 48.6 Å². The van der Waals surface area contributed by atoms with E-state index in [1.807, 2.05) is 45.1 Å². The van der Waals surface area contributed by atoms with Gasteiger partial charge in [0.2, 0.25) is 5.79 Å². The molecule has 3 fully saturated rings. The lowest BCUT2D eigenvalue weighted by atomic mass is 9.78. The Hall–Kier alpha value is -3.41. The highest BCUT2D eigenvalue weighted by molar-refractivity contribution is 6.39. The molecule has 2 bridgehead atoms. The van der Waals surface area contributed by atoms with Crippen molar-refractivity contribution in [2.24, 2.45) is 35.5 Å². The summed E-state index contributed by atoms with van der Waals surface area (Å²) in [4.78, 5) is 72.1. The molecule has 0 aromatic rings. The Labute approximate surface area is 411 Å².